The highest BCUT2D eigenvalue weighted by Gasteiger charge is 2.11. The number of hydrogen-bond acceptors (Lipinski definition) is 1. The van der Waals surface area contributed by atoms with E-state index in [-0.39, 0.29) is 0 Å². The van der Waals surface area contributed by atoms with Crippen LogP contribution in [0.2, 0.25) is 0 Å². The van der Waals surface area contributed by atoms with Crippen LogP contribution in [-0.4, -0.2) is 5.24 Å². The monoisotopic (exact) mass is 208 g/mol. The molecule has 0 unspecified atom stereocenters. The Morgan fingerprint density at radius 1 is 1.21 bits per heavy atom. The summed E-state index contributed by atoms with van der Waals surface area (Å²) in [6, 6.07) is 4.04. The van der Waals surface area contributed by atoms with Crippen molar-refractivity contribution in [2.24, 2.45) is 0 Å². The lowest BCUT2D eigenvalue weighted by atomic mass is 9.95. The highest BCUT2D eigenvalue weighted by molar-refractivity contribution is 6.74. The second-order valence-electron chi connectivity index (χ2n) is 3.53. The first-order valence-electron chi connectivity index (χ1n) is 4.40. The number of carbonyl (C=O) groups is 1. The fourth-order valence-corrected chi connectivity index (χ4v) is 1.85. The molecule has 0 saturated heterocycles. The Bertz CT molecular complexity index is 382. The van der Waals surface area contributed by atoms with Crippen molar-refractivity contribution in [2.75, 3.05) is 0 Å². The molecular formula is C12H13ClO. The molecule has 0 atom stereocenters. The van der Waals surface area contributed by atoms with Crippen LogP contribution in [0.4, 0.5) is 0 Å². The third kappa shape index (κ3) is 2.05. The summed E-state index contributed by atoms with van der Waals surface area (Å²) in [7, 11) is 0. The zero-order chi connectivity index (χ0) is 10.9. The van der Waals surface area contributed by atoms with Gasteiger partial charge in [-0.25, -0.2) is 0 Å². The molecule has 0 radical (unpaired) electrons. The molecule has 0 fully saturated rings. The lowest BCUT2D eigenvalue weighted by molar-refractivity contribution is -0.106. The molecule has 1 nitrogen and oxygen atoms in total. The molecular weight excluding hydrogens is 196 g/mol. The summed E-state index contributed by atoms with van der Waals surface area (Å²) in [6.45, 7) is 9.63. The fourth-order valence-electron chi connectivity index (χ4n) is 1.75. The minimum absolute atomic E-state index is 0.377. The zero-order valence-electron chi connectivity index (χ0n) is 8.65. The van der Waals surface area contributed by atoms with E-state index in [0.717, 1.165) is 16.7 Å². The van der Waals surface area contributed by atoms with Gasteiger partial charge in [0.25, 0.3) is 5.24 Å². The third-order valence-corrected chi connectivity index (χ3v) is 2.44. The van der Waals surface area contributed by atoms with Gasteiger partial charge in [-0.2, -0.15) is 0 Å². The van der Waals surface area contributed by atoms with Gasteiger partial charge in [0.15, 0.2) is 0 Å². The third-order valence-electron chi connectivity index (χ3n) is 2.22. The first-order valence-corrected chi connectivity index (χ1v) is 4.78. The van der Waals surface area contributed by atoms with Crippen molar-refractivity contribution in [3.05, 3.63) is 41.0 Å². The van der Waals surface area contributed by atoms with Crippen molar-refractivity contribution in [1.29, 1.82) is 0 Å². The van der Waals surface area contributed by atoms with E-state index >= 15 is 0 Å². The molecule has 0 bridgehead atoms. The SMILES string of the molecule is C=C(C(=O)Cl)c1c(C)cc(C)cc1C. The molecule has 74 valence electrons. The standard InChI is InChI=1S/C12H13ClO/c1-7-5-8(2)11(9(3)6-7)10(4)12(13)14/h5-6H,4H2,1-3H3. The van der Waals surface area contributed by atoms with Gasteiger partial charge in [-0.15, -0.1) is 0 Å². The van der Waals surface area contributed by atoms with Crippen molar-refractivity contribution in [2.45, 2.75) is 20.8 Å². The maximum atomic E-state index is 11.0. The Morgan fingerprint density at radius 3 is 2.00 bits per heavy atom. The van der Waals surface area contributed by atoms with Gasteiger partial charge in [-0.3, -0.25) is 4.79 Å². The first kappa shape index (κ1) is 11.0. The van der Waals surface area contributed by atoms with Crippen molar-refractivity contribution in [3.8, 4) is 0 Å². The summed E-state index contributed by atoms with van der Waals surface area (Å²) in [5.41, 5.74) is 4.51. The Hall–Kier alpha value is -1.08. The van der Waals surface area contributed by atoms with E-state index in [1.807, 2.05) is 32.9 Å². The molecule has 2 heteroatoms. The summed E-state index contributed by atoms with van der Waals surface area (Å²) in [5, 5.41) is -0.486. The van der Waals surface area contributed by atoms with Crippen LogP contribution in [0.5, 0.6) is 0 Å². The molecule has 0 amide bonds. The highest BCUT2D eigenvalue weighted by atomic mass is 35.5. The zero-order valence-corrected chi connectivity index (χ0v) is 9.40. The van der Waals surface area contributed by atoms with Gasteiger partial charge in [0, 0.05) is 5.57 Å². The minimum atomic E-state index is -0.486. The molecule has 0 aromatic heterocycles. The Labute approximate surface area is 89.4 Å². The molecule has 0 heterocycles. The summed E-state index contributed by atoms with van der Waals surface area (Å²) < 4.78 is 0. The number of halogens is 1. The van der Waals surface area contributed by atoms with Crippen LogP contribution >= 0.6 is 11.6 Å². The van der Waals surface area contributed by atoms with E-state index in [9.17, 15) is 4.79 Å². The van der Waals surface area contributed by atoms with E-state index in [1.165, 1.54) is 5.56 Å². The molecule has 0 spiro atoms. The number of benzene rings is 1. The van der Waals surface area contributed by atoms with Crippen molar-refractivity contribution in [3.63, 3.8) is 0 Å². The Morgan fingerprint density at radius 2 is 1.64 bits per heavy atom. The minimum Gasteiger partial charge on any atom is -0.276 e. The average molecular weight is 209 g/mol. The van der Waals surface area contributed by atoms with Gasteiger partial charge in [-0.05, 0) is 49.1 Å². The number of allylic oxidation sites excluding steroid dienone is 1. The van der Waals surface area contributed by atoms with Crippen LogP contribution in [0.3, 0.4) is 0 Å². The van der Waals surface area contributed by atoms with Gasteiger partial charge in [0.05, 0.1) is 0 Å². The number of carbonyl (C=O) groups excluding carboxylic acids is 1. The predicted molar refractivity (Wildman–Crippen MR) is 60.5 cm³/mol. The molecule has 1 aromatic carbocycles. The van der Waals surface area contributed by atoms with Crippen LogP contribution < -0.4 is 0 Å². The molecule has 0 N–H and O–H groups in total. The molecule has 0 saturated carbocycles. The van der Waals surface area contributed by atoms with Crippen LogP contribution in [0.15, 0.2) is 18.7 Å². The van der Waals surface area contributed by atoms with Crippen molar-refractivity contribution in [1.82, 2.24) is 0 Å². The number of hydrogen-bond donors (Lipinski definition) is 0. The topological polar surface area (TPSA) is 17.1 Å². The average Bonchev–Trinajstić information content (AvgIpc) is 2.01. The summed E-state index contributed by atoms with van der Waals surface area (Å²) in [5.74, 6) is 0. The van der Waals surface area contributed by atoms with Crippen LogP contribution in [0.1, 0.15) is 22.3 Å². The van der Waals surface area contributed by atoms with Gasteiger partial charge in [0.2, 0.25) is 0 Å². The van der Waals surface area contributed by atoms with E-state index < -0.39 is 5.24 Å². The molecule has 0 aliphatic rings. The van der Waals surface area contributed by atoms with Gasteiger partial charge < -0.3 is 0 Å². The molecule has 14 heavy (non-hydrogen) atoms. The van der Waals surface area contributed by atoms with Crippen molar-refractivity contribution >= 4 is 22.4 Å². The fraction of sp³-hybridized carbons (Fsp3) is 0.250. The molecule has 0 aliphatic heterocycles. The Balaban J connectivity index is 3.35. The van der Waals surface area contributed by atoms with Crippen LogP contribution in [0, 0.1) is 20.8 Å². The van der Waals surface area contributed by atoms with Gasteiger partial charge in [0.1, 0.15) is 0 Å². The Kier molecular flexibility index (Phi) is 3.12. The maximum absolute atomic E-state index is 11.0. The second kappa shape index (κ2) is 3.97. The molecule has 1 rings (SSSR count). The molecule has 0 aliphatic carbocycles. The maximum Gasteiger partial charge on any atom is 0.252 e. The normalized spacial score (nSPS) is 10.0. The number of aryl methyl sites for hydroxylation is 3. The van der Waals surface area contributed by atoms with E-state index in [4.69, 9.17) is 11.6 Å². The number of rotatable bonds is 2. The summed E-state index contributed by atoms with van der Waals surface area (Å²) in [6.07, 6.45) is 0. The second-order valence-corrected chi connectivity index (χ2v) is 3.87. The van der Waals surface area contributed by atoms with Gasteiger partial charge in [-0.1, -0.05) is 24.3 Å². The molecule has 1 aromatic rings. The van der Waals surface area contributed by atoms with Crippen molar-refractivity contribution < 1.29 is 4.79 Å². The first-order chi connectivity index (χ1) is 6.43. The lowest BCUT2D eigenvalue weighted by Gasteiger charge is -2.10. The van der Waals surface area contributed by atoms with E-state index in [2.05, 4.69) is 6.58 Å². The van der Waals surface area contributed by atoms with E-state index in [0.29, 0.717) is 5.57 Å². The van der Waals surface area contributed by atoms with E-state index in [1.54, 1.807) is 0 Å². The smallest absolute Gasteiger partial charge is 0.252 e. The summed E-state index contributed by atoms with van der Waals surface area (Å²) in [4.78, 5) is 11.0. The van der Waals surface area contributed by atoms with Crippen LogP contribution in [0.25, 0.3) is 5.57 Å². The van der Waals surface area contributed by atoms with Gasteiger partial charge >= 0.3 is 0 Å². The van der Waals surface area contributed by atoms with Crippen LogP contribution in [-0.2, 0) is 4.79 Å². The highest BCUT2D eigenvalue weighted by Crippen LogP contribution is 2.24. The predicted octanol–water partition coefficient (Wildman–Crippen LogP) is 3.39. The largest absolute Gasteiger partial charge is 0.276 e. The lowest BCUT2D eigenvalue weighted by Crippen LogP contribution is -1.98. The summed E-state index contributed by atoms with van der Waals surface area (Å²) >= 11 is 5.41. The quantitative estimate of drug-likeness (QED) is 0.538.